The number of nitrogens with one attached hydrogen (secondary N) is 1. The second-order valence-corrected chi connectivity index (χ2v) is 5.80. The highest BCUT2D eigenvalue weighted by Gasteiger charge is 2.13. The van der Waals surface area contributed by atoms with Crippen LogP contribution < -0.4 is 0 Å². The largest absolute Gasteiger partial charge is 0.508 e. The molecule has 2 heteroatoms. The Labute approximate surface area is 129 Å². The van der Waals surface area contributed by atoms with E-state index in [9.17, 15) is 5.11 Å². The van der Waals surface area contributed by atoms with E-state index in [1.54, 1.807) is 12.1 Å². The van der Waals surface area contributed by atoms with Crippen LogP contribution in [0, 0.1) is 0 Å². The lowest BCUT2D eigenvalue weighted by Crippen LogP contribution is -1.95. The molecule has 0 aliphatic rings. The van der Waals surface area contributed by atoms with Gasteiger partial charge in [-0.3, -0.25) is 0 Å². The van der Waals surface area contributed by atoms with Gasteiger partial charge in [-0.15, -0.1) is 0 Å². The second-order valence-electron chi connectivity index (χ2n) is 5.80. The summed E-state index contributed by atoms with van der Waals surface area (Å²) in [4.78, 5) is 3.35. The van der Waals surface area contributed by atoms with E-state index in [0.717, 1.165) is 10.8 Å². The molecule has 0 radical (unpaired) electrons. The molecule has 1 heterocycles. The van der Waals surface area contributed by atoms with Crippen molar-refractivity contribution in [3.8, 4) is 5.75 Å². The quantitative estimate of drug-likeness (QED) is 0.523. The lowest BCUT2D eigenvalue weighted by Gasteiger charge is -2.12. The van der Waals surface area contributed by atoms with Crippen LogP contribution in [0.15, 0.2) is 66.9 Å². The highest BCUT2D eigenvalue weighted by molar-refractivity contribution is 5.86. The Kier molecular flexibility index (Phi) is 2.90. The molecular formula is C20H17NO. The van der Waals surface area contributed by atoms with Crippen LogP contribution in [-0.2, 0) is 0 Å². The van der Waals surface area contributed by atoms with Crippen molar-refractivity contribution < 1.29 is 5.11 Å². The molecular weight excluding hydrogens is 270 g/mol. The van der Waals surface area contributed by atoms with Gasteiger partial charge in [0.05, 0.1) is 0 Å². The van der Waals surface area contributed by atoms with Crippen LogP contribution in [0.5, 0.6) is 5.75 Å². The summed E-state index contributed by atoms with van der Waals surface area (Å²) in [5.74, 6) is 0.624. The van der Waals surface area contributed by atoms with Gasteiger partial charge in [-0.1, -0.05) is 49.4 Å². The molecule has 0 bridgehead atoms. The molecule has 1 atom stereocenters. The zero-order chi connectivity index (χ0) is 15.1. The number of rotatable bonds is 2. The van der Waals surface area contributed by atoms with Gasteiger partial charge in [0.25, 0.3) is 0 Å². The Balaban J connectivity index is 1.82. The third-order valence-electron chi connectivity index (χ3n) is 4.44. The number of phenols is 1. The first kappa shape index (κ1) is 13.0. The van der Waals surface area contributed by atoms with Crippen molar-refractivity contribution in [1.82, 2.24) is 4.98 Å². The number of fused-ring (bicyclic) bond motifs is 2. The highest BCUT2D eigenvalue weighted by atomic mass is 16.3. The normalized spacial score (nSPS) is 12.8. The standard InChI is InChI=1S/C20H17NO/c1-13(19-12-21-20-5-3-2-4-18(19)20)14-6-7-16-11-17(22)9-8-15(16)10-14/h2-13,21-22H,1H3. The van der Waals surface area contributed by atoms with Gasteiger partial charge in [-0.25, -0.2) is 0 Å². The summed E-state index contributed by atoms with van der Waals surface area (Å²) < 4.78 is 0. The minimum Gasteiger partial charge on any atom is -0.508 e. The summed E-state index contributed by atoms with van der Waals surface area (Å²) >= 11 is 0. The Bertz CT molecular complexity index is 968. The van der Waals surface area contributed by atoms with E-state index < -0.39 is 0 Å². The number of H-pyrrole nitrogens is 1. The summed E-state index contributed by atoms with van der Waals surface area (Å²) in [6.45, 7) is 2.23. The third-order valence-corrected chi connectivity index (χ3v) is 4.44. The maximum atomic E-state index is 9.57. The number of para-hydroxylation sites is 1. The first-order chi connectivity index (χ1) is 10.7. The van der Waals surface area contributed by atoms with Crippen molar-refractivity contribution in [1.29, 1.82) is 0 Å². The molecule has 2 nitrogen and oxygen atoms in total. The number of phenolic OH excluding ortho intramolecular Hbond substituents is 1. The number of benzene rings is 3. The fraction of sp³-hybridized carbons (Fsp3) is 0.100. The Morgan fingerprint density at radius 1 is 0.909 bits per heavy atom. The molecule has 0 fully saturated rings. The van der Waals surface area contributed by atoms with Gasteiger partial charge >= 0.3 is 0 Å². The molecule has 1 aromatic heterocycles. The molecule has 2 N–H and O–H groups in total. The van der Waals surface area contributed by atoms with E-state index in [1.807, 2.05) is 6.07 Å². The maximum absolute atomic E-state index is 9.57. The molecule has 22 heavy (non-hydrogen) atoms. The predicted octanol–water partition coefficient (Wildman–Crippen LogP) is 5.18. The molecule has 0 saturated carbocycles. The van der Waals surface area contributed by atoms with Crippen LogP contribution in [0.25, 0.3) is 21.7 Å². The van der Waals surface area contributed by atoms with Crippen LogP contribution in [0.3, 0.4) is 0 Å². The average molecular weight is 287 g/mol. The number of hydrogen-bond donors (Lipinski definition) is 2. The van der Waals surface area contributed by atoms with Crippen molar-refractivity contribution >= 4 is 21.7 Å². The van der Waals surface area contributed by atoms with E-state index in [1.165, 1.54) is 22.0 Å². The van der Waals surface area contributed by atoms with Gasteiger partial charge in [-0.2, -0.15) is 0 Å². The molecule has 3 aromatic carbocycles. The van der Waals surface area contributed by atoms with Crippen LogP contribution >= 0.6 is 0 Å². The number of hydrogen-bond acceptors (Lipinski definition) is 1. The first-order valence-corrected chi connectivity index (χ1v) is 7.51. The minimum absolute atomic E-state index is 0.310. The van der Waals surface area contributed by atoms with Gasteiger partial charge < -0.3 is 10.1 Å². The predicted molar refractivity (Wildman–Crippen MR) is 91.4 cm³/mol. The van der Waals surface area contributed by atoms with Crippen molar-refractivity contribution in [2.24, 2.45) is 0 Å². The molecule has 0 aliphatic heterocycles. The lowest BCUT2D eigenvalue weighted by atomic mass is 9.91. The van der Waals surface area contributed by atoms with E-state index >= 15 is 0 Å². The topological polar surface area (TPSA) is 36.0 Å². The molecule has 0 spiro atoms. The monoisotopic (exact) mass is 287 g/mol. The molecule has 4 aromatic rings. The Morgan fingerprint density at radius 3 is 2.59 bits per heavy atom. The zero-order valence-electron chi connectivity index (χ0n) is 12.4. The molecule has 1 unspecified atom stereocenters. The molecule has 108 valence electrons. The van der Waals surface area contributed by atoms with Crippen LogP contribution in [0.2, 0.25) is 0 Å². The summed E-state index contributed by atoms with van der Waals surface area (Å²) in [5, 5.41) is 13.1. The summed E-state index contributed by atoms with van der Waals surface area (Å²) in [6, 6.07) is 20.3. The minimum atomic E-state index is 0.310. The summed E-state index contributed by atoms with van der Waals surface area (Å²) in [6.07, 6.45) is 2.11. The van der Waals surface area contributed by atoms with Gasteiger partial charge in [0.15, 0.2) is 0 Å². The molecule has 0 aliphatic carbocycles. The fourth-order valence-electron chi connectivity index (χ4n) is 3.15. The molecule has 0 amide bonds. The second kappa shape index (κ2) is 4.92. The lowest BCUT2D eigenvalue weighted by molar-refractivity contribution is 0.476. The van der Waals surface area contributed by atoms with E-state index in [-0.39, 0.29) is 0 Å². The van der Waals surface area contributed by atoms with E-state index in [4.69, 9.17) is 0 Å². The first-order valence-electron chi connectivity index (χ1n) is 7.51. The Hall–Kier alpha value is -2.74. The van der Waals surface area contributed by atoms with Crippen molar-refractivity contribution in [3.05, 3.63) is 78.0 Å². The van der Waals surface area contributed by atoms with Crippen LogP contribution in [0.4, 0.5) is 0 Å². The number of aromatic hydroxyl groups is 1. The van der Waals surface area contributed by atoms with Crippen LogP contribution in [-0.4, -0.2) is 10.1 Å². The van der Waals surface area contributed by atoms with Crippen molar-refractivity contribution in [3.63, 3.8) is 0 Å². The molecule has 0 saturated heterocycles. The van der Waals surface area contributed by atoms with Gasteiger partial charge in [0.1, 0.15) is 5.75 Å². The number of aromatic nitrogens is 1. The van der Waals surface area contributed by atoms with Gasteiger partial charge in [0.2, 0.25) is 0 Å². The zero-order valence-corrected chi connectivity index (χ0v) is 12.4. The average Bonchev–Trinajstić information content (AvgIpc) is 2.97. The highest BCUT2D eigenvalue weighted by Crippen LogP contribution is 2.32. The smallest absolute Gasteiger partial charge is 0.116 e. The van der Waals surface area contributed by atoms with Crippen molar-refractivity contribution in [2.75, 3.05) is 0 Å². The van der Waals surface area contributed by atoms with E-state index in [0.29, 0.717) is 11.7 Å². The summed E-state index contributed by atoms with van der Waals surface area (Å²) in [7, 11) is 0. The maximum Gasteiger partial charge on any atom is 0.116 e. The summed E-state index contributed by atoms with van der Waals surface area (Å²) in [5.41, 5.74) is 3.77. The van der Waals surface area contributed by atoms with Crippen molar-refractivity contribution in [2.45, 2.75) is 12.8 Å². The molecule has 4 rings (SSSR count). The van der Waals surface area contributed by atoms with Gasteiger partial charge in [0, 0.05) is 23.0 Å². The number of aromatic amines is 1. The van der Waals surface area contributed by atoms with Gasteiger partial charge in [-0.05, 0) is 40.1 Å². The SMILES string of the molecule is CC(c1ccc2cc(O)ccc2c1)c1c[nH]c2ccccc12. The Morgan fingerprint density at radius 2 is 1.68 bits per heavy atom. The third kappa shape index (κ3) is 2.04. The fourth-order valence-corrected chi connectivity index (χ4v) is 3.15. The van der Waals surface area contributed by atoms with E-state index in [2.05, 4.69) is 60.6 Å². The van der Waals surface area contributed by atoms with Crippen LogP contribution in [0.1, 0.15) is 24.0 Å².